The lowest BCUT2D eigenvalue weighted by Crippen LogP contribution is -2.13. The second-order valence-electron chi connectivity index (χ2n) is 6.16. The summed E-state index contributed by atoms with van der Waals surface area (Å²) in [5.74, 6) is -0.770. The van der Waals surface area contributed by atoms with Crippen molar-refractivity contribution in [1.82, 2.24) is 0 Å². The predicted molar refractivity (Wildman–Crippen MR) is 87.1 cm³/mol. The van der Waals surface area contributed by atoms with Crippen molar-refractivity contribution < 1.29 is 8.78 Å². The van der Waals surface area contributed by atoms with Crippen LogP contribution < -0.4 is 0 Å². The molecule has 1 fully saturated rings. The fourth-order valence-electron chi connectivity index (χ4n) is 3.39. The van der Waals surface area contributed by atoms with Crippen molar-refractivity contribution in [3.05, 3.63) is 29.8 Å². The summed E-state index contributed by atoms with van der Waals surface area (Å²) in [5.41, 5.74) is 1.33. The Hall–Kier alpha value is -0.570. The molecular formula is C18H26F2S. The van der Waals surface area contributed by atoms with Gasteiger partial charge in [0.25, 0.3) is 5.76 Å². The Balaban J connectivity index is 1.79. The predicted octanol–water partition coefficient (Wildman–Crippen LogP) is 6.86. The molecule has 1 saturated carbocycles. The van der Waals surface area contributed by atoms with Gasteiger partial charge in [-0.25, -0.2) is 0 Å². The van der Waals surface area contributed by atoms with E-state index in [0.29, 0.717) is 22.6 Å². The van der Waals surface area contributed by atoms with E-state index in [4.69, 9.17) is 0 Å². The van der Waals surface area contributed by atoms with Gasteiger partial charge in [-0.3, -0.25) is 0 Å². The maximum absolute atomic E-state index is 12.3. The van der Waals surface area contributed by atoms with Crippen molar-refractivity contribution in [3.63, 3.8) is 0 Å². The minimum atomic E-state index is -2.32. The minimum Gasteiger partial charge on any atom is -0.198 e. The highest BCUT2D eigenvalue weighted by Gasteiger charge is 2.22. The van der Waals surface area contributed by atoms with E-state index >= 15 is 0 Å². The van der Waals surface area contributed by atoms with Gasteiger partial charge in [-0.15, -0.1) is 0 Å². The monoisotopic (exact) mass is 312 g/mol. The number of hydrogen-bond acceptors (Lipinski definition) is 1. The molecule has 0 amide bonds. The quantitative estimate of drug-likeness (QED) is 0.391. The lowest BCUT2D eigenvalue weighted by atomic mass is 9.77. The summed E-state index contributed by atoms with van der Waals surface area (Å²) in [7, 11) is 0. The Morgan fingerprint density at radius 2 is 1.71 bits per heavy atom. The first-order valence-corrected chi connectivity index (χ1v) is 9.11. The van der Waals surface area contributed by atoms with Gasteiger partial charge in [0.1, 0.15) is 0 Å². The highest BCUT2D eigenvalue weighted by atomic mass is 32.2. The molecule has 0 aromatic heterocycles. The van der Waals surface area contributed by atoms with E-state index in [9.17, 15) is 8.78 Å². The molecule has 3 heteroatoms. The third-order valence-electron chi connectivity index (χ3n) is 4.64. The highest BCUT2D eigenvalue weighted by molar-refractivity contribution is 7.99. The molecule has 0 bridgehead atoms. The molecule has 0 radical (unpaired) electrons. The molecular weight excluding hydrogens is 286 g/mol. The van der Waals surface area contributed by atoms with Crippen LogP contribution in [0.2, 0.25) is 0 Å². The Morgan fingerprint density at radius 3 is 2.29 bits per heavy atom. The molecule has 1 aromatic rings. The molecule has 21 heavy (non-hydrogen) atoms. The lowest BCUT2D eigenvalue weighted by molar-refractivity contribution is 0.252. The molecule has 1 aromatic carbocycles. The summed E-state index contributed by atoms with van der Waals surface area (Å²) in [6, 6.07) is 7.79. The summed E-state index contributed by atoms with van der Waals surface area (Å²) < 4.78 is 24.6. The van der Waals surface area contributed by atoms with Crippen LogP contribution in [-0.4, -0.2) is 5.76 Å². The Labute approximate surface area is 131 Å². The van der Waals surface area contributed by atoms with Crippen LogP contribution >= 0.6 is 11.8 Å². The van der Waals surface area contributed by atoms with E-state index < -0.39 is 5.76 Å². The van der Waals surface area contributed by atoms with Crippen molar-refractivity contribution >= 4 is 11.8 Å². The second-order valence-corrected chi connectivity index (χ2v) is 7.22. The lowest BCUT2D eigenvalue weighted by Gasteiger charge is -2.29. The van der Waals surface area contributed by atoms with Gasteiger partial charge in [-0.2, -0.15) is 8.78 Å². The molecule has 118 valence electrons. The van der Waals surface area contributed by atoms with Gasteiger partial charge in [0.2, 0.25) is 0 Å². The molecule has 2 rings (SSSR count). The van der Waals surface area contributed by atoms with Gasteiger partial charge in [0.15, 0.2) is 0 Å². The van der Waals surface area contributed by atoms with Gasteiger partial charge in [0, 0.05) is 4.90 Å². The van der Waals surface area contributed by atoms with Crippen LogP contribution in [0.25, 0.3) is 0 Å². The fourth-order valence-corrected chi connectivity index (χ4v) is 3.89. The average Bonchev–Trinajstić information content (AvgIpc) is 2.49. The highest BCUT2D eigenvalue weighted by Crippen LogP contribution is 2.38. The van der Waals surface area contributed by atoms with Gasteiger partial charge in [-0.05, 0) is 55.2 Å². The Morgan fingerprint density at radius 1 is 1.05 bits per heavy atom. The number of rotatable bonds is 7. The average molecular weight is 312 g/mol. The van der Waals surface area contributed by atoms with E-state index in [1.165, 1.54) is 56.9 Å². The summed E-state index contributed by atoms with van der Waals surface area (Å²) >= 11 is 0.632. The largest absolute Gasteiger partial charge is 0.288 e. The molecule has 1 aliphatic rings. The van der Waals surface area contributed by atoms with Crippen molar-refractivity contribution in [2.45, 2.75) is 74.9 Å². The van der Waals surface area contributed by atoms with E-state index in [2.05, 4.69) is 6.92 Å². The number of alkyl halides is 2. The maximum atomic E-state index is 12.3. The number of benzene rings is 1. The zero-order chi connectivity index (χ0) is 15.1. The second kappa shape index (κ2) is 8.77. The normalized spacial score (nSPS) is 22.7. The zero-order valence-electron chi connectivity index (χ0n) is 12.9. The van der Waals surface area contributed by atoms with Crippen LogP contribution in [0.5, 0.6) is 0 Å². The summed E-state index contributed by atoms with van der Waals surface area (Å²) in [4.78, 5) is 0.669. The molecule has 0 N–H and O–H groups in total. The topological polar surface area (TPSA) is 0 Å². The molecule has 0 spiro atoms. The van der Waals surface area contributed by atoms with Crippen LogP contribution in [0.1, 0.15) is 69.8 Å². The van der Waals surface area contributed by atoms with E-state index in [1.54, 1.807) is 0 Å². The first kappa shape index (κ1) is 16.8. The minimum absolute atomic E-state index is 0.632. The maximum Gasteiger partial charge on any atom is 0.288 e. The van der Waals surface area contributed by atoms with E-state index in [-0.39, 0.29) is 0 Å². The Kier molecular flexibility index (Phi) is 7.01. The first-order valence-electron chi connectivity index (χ1n) is 8.23. The number of thioether (sulfide) groups is 1. The molecule has 0 atom stereocenters. The number of hydrogen-bond donors (Lipinski definition) is 0. The van der Waals surface area contributed by atoms with Crippen LogP contribution in [-0.2, 0) is 0 Å². The third kappa shape index (κ3) is 5.61. The number of halogens is 2. The molecule has 0 nitrogen and oxygen atoms in total. The zero-order valence-corrected chi connectivity index (χ0v) is 13.7. The van der Waals surface area contributed by atoms with Crippen LogP contribution in [0.15, 0.2) is 29.2 Å². The summed E-state index contributed by atoms with van der Waals surface area (Å²) in [6.45, 7) is 2.26. The van der Waals surface area contributed by atoms with Crippen LogP contribution in [0, 0.1) is 5.92 Å². The molecule has 1 aliphatic carbocycles. The molecule has 0 unspecified atom stereocenters. The van der Waals surface area contributed by atoms with Crippen molar-refractivity contribution in [1.29, 1.82) is 0 Å². The van der Waals surface area contributed by atoms with Crippen LogP contribution in [0.3, 0.4) is 0 Å². The summed E-state index contributed by atoms with van der Waals surface area (Å²) in [5, 5.41) is 0. The fraction of sp³-hybridized carbons (Fsp3) is 0.667. The van der Waals surface area contributed by atoms with Gasteiger partial charge < -0.3 is 0 Å². The summed E-state index contributed by atoms with van der Waals surface area (Å²) in [6.07, 6.45) is 10.6. The van der Waals surface area contributed by atoms with Gasteiger partial charge in [0.05, 0.1) is 0 Å². The van der Waals surface area contributed by atoms with E-state index in [0.717, 1.165) is 5.92 Å². The van der Waals surface area contributed by atoms with Crippen molar-refractivity contribution in [2.75, 3.05) is 0 Å². The van der Waals surface area contributed by atoms with Crippen LogP contribution in [0.4, 0.5) is 8.78 Å². The SMILES string of the molecule is CCCCC[C@H]1CC[C@H](c2ccc(SC(F)F)cc2)CC1. The van der Waals surface area contributed by atoms with Crippen molar-refractivity contribution in [3.8, 4) is 0 Å². The van der Waals surface area contributed by atoms with Gasteiger partial charge >= 0.3 is 0 Å². The van der Waals surface area contributed by atoms with Crippen molar-refractivity contribution in [2.24, 2.45) is 5.92 Å². The first-order chi connectivity index (χ1) is 10.2. The van der Waals surface area contributed by atoms with Gasteiger partial charge in [-0.1, -0.05) is 56.5 Å². The molecule has 0 aliphatic heterocycles. The van der Waals surface area contributed by atoms with E-state index in [1.807, 2.05) is 24.3 Å². The third-order valence-corrected chi connectivity index (χ3v) is 5.36. The number of unbranched alkanes of at least 4 members (excludes halogenated alkanes) is 2. The Bertz CT molecular complexity index is 394. The molecule has 0 heterocycles. The molecule has 0 saturated heterocycles. The standard InChI is InChI=1S/C18H26F2S/c1-2-3-4-5-14-6-8-15(9-7-14)16-10-12-17(13-11-16)21-18(19)20/h10-15,18H,2-9H2,1H3/t14-,15-. The smallest absolute Gasteiger partial charge is 0.198 e.